The van der Waals surface area contributed by atoms with Crippen LogP contribution in [0.15, 0.2) is 0 Å². The predicted molar refractivity (Wildman–Crippen MR) is 62.5 cm³/mol. The van der Waals surface area contributed by atoms with Gasteiger partial charge in [0.1, 0.15) is 6.10 Å². The summed E-state index contributed by atoms with van der Waals surface area (Å²) in [5.41, 5.74) is -0.906. The number of carbonyl (C=O) groups excluding carboxylic acids is 1. The van der Waals surface area contributed by atoms with E-state index in [0.29, 0.717) is 6.42 Å². The molecule has 0 saturated heterocycles. The molecule has 1 atom stereocenters. The van der Waals surface area contributed by atoms with E-state index in [1.165, 1.54) is 0 Å². The summed E-state index contributed by atoms with van der Waals surface area (Å²) in [6.07, 6.45) is -1.02. The first-order chi connectivity index (χ1) is 7.31. The summed E-state index contributed by atoms with van der Waals surface area (Å²) in [7, 11) is 0. The fourth-order valence-corrected chi connectivity index (χ4v) is 0.989. The molecule has 0 aliphatic heterocycles. The standard InChI is InChI=1S/C10H19NO5.Ca/c1-10(2,6-12)8(15)9(16)11-5-3-4-7(13)14;/h8,12,15H,3-6H2,1-2H3,(H,11,16)(H,13,14);. The zero-order valence-corrected chi connectivity index (χ0v) is 12.5. The van der Waals surface area contributed by atoms with Crippen LogP contribution >= 0.6 is 0 Å². The van der Waals surface area contributed by atoms with Crippen LogP contribution in [-0.4, -0.2) is 84.2 Å². The van der Waals surface area contributed by atoms with Crippen molar-refractivity contribution in [1.82, 2.24) is 5.32 Å². The van der Waals surface area contributed by atoms with Gasteiger partial charge in [-0.05, 0) is 6.42 Å². The molecule has 4 N–H and O–H groups in total. The van der Waals surface area contributed by atoms with E-state index in [2.05, 4.69) is 5.32 Å². The van der Waals surface area contributed by atoms with Gasteiger partial charge in [-0.1, -0.05) is 13.8 Å². The minimum absolute atomic E-state index is 0. The Morgan fingerprint density at radius 1 is 1.35 bits per heavy atom. The molecule has 0 spiro atoms. The van der Waals surface area contributed by atoms with Gasteiger partial charge in [-0.25, -0.2) is 0 Å². The Bertz CT molecular complexity index is 257. The molecule has 0 aromatic rings. The minimum Gasteiger partial charge on any atom is -0.481 e. The van der Waals surface area contributed by atoms with Crippen LogP contribution in [0.2, 0.25) is 0 Å². The minimum atomic E-state index is -1.30. The van der Waals surface area contributed by atoms with Crippen molar-refractivity contribution in [2.24, 2.45) is 5.41 Å². The molecule has 1 unspecified atom stereocenters. The third-order valence-corrected chi connectivity index (χ3v) is 2.26. The number of hydrogen-bond acceptors (Lipinski definition) is 4. The van der Waals surface area contributed by atoms with Crippen LogP contribution in [0.25, 0.3) is 0 Å². The van der Waals surface area contributed by atoms with Crippen LogP contribution in [-0.2, 0) is 9.59 Å². The van der Waals surface area contributed by atoms with Gasteiger partial charge < -0.3 is 20.6 Å². The normalized spacial score (nSPS) is 12.5. The molecule has 0 fully saturated rings. The zero-order valence-electron chi connectivity index (χ0n) is 10.3. The van der Waals surface area contributed by atoms with Crippen molar-refractivity contribution in [1.29, 1.82) is 0 Å². The number of amides is 1. The molecule has 0 bridgehead atoms. The molecule has 0 rings (SSSR count). The Labute approximate surface area is 130 Å². The number of aliphatic carboxylic acids is 1. The second-order valence-electron chi connectivity index (χ2n) is 4.34. The van der Waals surface area contributed by atoms with Crippen LogP contribution in [0.4, 0.5) is 0 Å². The quantitative estimate of drug-likeness (QED) is 0.350. The van der Waals surface area contributed by atoms with Crippen molar-refractivity contribution < 1.29 is 24.9 Å². The first kappa shape index (κ1) is 19.5. The van der Waals surface area contributed by atoms with Crippen LogP contribution in [0.3, 0.4) is 0 Å². The number of hydrogen-bond donors (Lipinski definition) is 4. The van der Waals surface area contributed by atoms with Crippen LogP contribution in [0.5, 0.6) is 0 Å². The second-order valence-corrected chi connectivity index (χ2v) is 4.34. The fraction of sp³-hybridized carbons (Fsp3) is 0.800. The van der Waals surface area contributed by atoms with Gasteiger partial charge in [-0.2, -0.15) is 0 Å². The van der Waals surface area contributed by atoms with E-state index in [0.717, 1.165) is 0 Å². The van der Waals surface area contributed by atoms with Crippen molar-refractivity contribution >= 4 is 49.6 Å². The van der Waals surface area contributed by atoms with Gasteiger partial charge in [0.05, 0.1) is 6.61 Å². The Morgan fingerprint density at radius 3 is 2.29 bits per heavy atom. The molecule has 0 aromatic heterocycles. The SMILES string of the molecule is CC(C)(CO)C(O)C(=O)NCCCC(=O)O.[Ca]. The first-order valence-corrected chi connectivity index (χ1v) is 5.09. The van der Waals surface area contributed by atoms with E-state index < -0.39 is 23.4 Å². The topological polar surface area (TPSA) is 107 Å². The van der Waals surface area contributed by atoms with Crippen molar-refractivity contribution in [3.63, 3.8) is 0 Å². The molecule has 96 valence electrons. The molecular weight excluding hydrogens is 254 g/mol. The zero-order chi connectivity index (χ0) is 12.8. The van der Waals surface area contributed by atoms with E-state index in [-0.39, 0.29) is 57.3 Å². The Kier molecular flexibility index (Phi) is 10.4. The van der Waals surface area contributed by atoms with Gasteiger partial charge in [0.25, 0.3) is 0 Å². The van der Waals surface area contributed by atoms with Gasteiger partial charge in [0.2, 0.25) is 5.91 Å². The van der Waals surface area contributed by atoms with Crippen molar-refractivity contribution in [3.05, 3.63) is 0 Å². The largest absolute Gasteiger partial charge is 0.481 e. The molecule has 17 heavy (non-hydrogen) atoms. The average molecular weight is 273 g/mol. The van der Waals surface area contributed by atoms with Gasteiger partial charge in [-0.15, -0.1) is 0 Å². The Hall–Kier alpha value is 0.120. The van der Waals surface area contributed by atoms with E-state index in [4.69, 9.17) is 10.2 Å². The summed E-state index contributed by atoms with van der Waals surface area (Å²) in [6, 6.07) is 0. The first-order valence-electron chi connectivity index (χ1n) is 5.09. The van der Waals surface area contributed by atoms with Gasteiger partial charge >= 0.3 is 5.97 Å². The van der Waals surface area contributed by atoms with E-state index in [9.17, 15) is 14.7 Å². The maximum Gasteiger partial charge on any atom is 0.303 e. The maximum atomic E-state index is 11.4. The summed E-state index contributed by atoms with van der Waals surface area (Å²) in [5, 5.41) is 29.3. The molecule has 1 amide bonds. The second kappa shape index (κ2) is 9.10. The predicted octanol–water partition coefficient (Wildman–Crippen LogP) is -1.03. The Morgan fingerprint density at radius 2 is 1.88 bits per heavy atom. The monoisotopic (exact) mass is 273 g/mol. The van der Waals surface area contributed by atoms with Crippen molar-refractivity contribution in [2.45, 2.75) is 32.8 Å². The molecule has 6 nitrogen and oxygen atoms in total. The van der Waals surface area contributed by atoms with Crippen molar-refractivity contribution in [2.75, 3.05) is 13.2 Å². The van der Waals surface area contributed by atoms with Gasteiger partial charge in [-0.3, -0.25) is 9.59 Å². The van der Waals surface area contributed by atoms with E-state index >= 15 is 0 Å². The summed E-state index contributed by atoms with van der Waals surface area (Å²) in [5.74, 6) is -1.52. The number of rotatable bonds is 7. The number of carboxylic acids is 1. The average Bonchev–Trinajstić information content (AvgIpc) is 2.22. The molecule has 0 aliphatic carbocycles. The van der Waals surface area contributed by atoms with E-state index in [1.54, 1.807) is 13.8 Å². The summed E-state index contributed by atoms with van der Waals surface area (Å²) >= 11 is 0. The fourth-order valence-electron chi connectivity index (χ4n) is 0.989. The smallest absolute Gasteiger partial charge is 0.303 e. The van der Waals surface area contributed by atoms with Crippen molar-refractivity contribution in [3.8, 4) is 0 Å². The number of aliphatic hydroxyl groups is 2. The summed E-state index contributed by atoms with van der Waals surface area (Å²) in [6.45, 7) is 3.02. The molecule has 0 aromatic carbocycles. The van der Waals surface area contributed by atoms with E-state index in [1.807, 2.05) is 0 Å². The molecule has 2 radical (unpaired) electrons. The third-order valence-electron chi connectivity index (χ3n) is 2.26. The maximum absolute atomic E-state index is 11.4. The summed E-state index contributed by atoms with van der Waals surface area (Å²) in [4.78, 5) is 21.6. The number of carboxylic acid groups (broad SMARTS) is 1. The Balaban J connectivity index is 0. The van der Waals surface area contributed by atoms with Crippen LogP contribution in [0.1, 0.15) is 26.7 Å². The molecule has 0 aliphatic rings. The van der Waals surface area contributed by atoms with Gasteiger partial charge in [0, 0.05) is 56.1 Å². The van der Waals surface area contributed by atoms with Crippen LogP contribution < -0.4 is 5.32 Å². The molecular formula is C10H19CaNO5. The third kappa shape index (κ3) is 7.94. The molecule has 7 heteroatoms. The number of nitrogens with one attached hydrogen (secondary N) is 1. The number of carbonyl (C=O) groups is 2. The molecule has 0 heterocycles. The van der Waals surface area contributed by atoms with Crippen LogP contribution in [0, 0.1) is 5.41 Å². The van der Waals surface area contributed by atoms with Gasteiger partial charge in [0.15, 0.2) is 0 Å². The molecule has 0 saturated carbocycles. The summed E-state index contributed by atoms with van der Waals surface area (Å²) < 4.78 is 0. The number of aliphatic hydroxyl groups excluding tert-OH is 2.